The van der Waals surface area contributed by atoms with Crippen LogP contribution >= 0.6 is 11.8 Å². The lowest BCUT2D eigenvalue weighted by atomic mass is 9.90. The third kappa shape index (κ3) is 4.74. The summed E-state index contributed by atoms with van der Waals surface area (Å²) in [5.41, 5.74) is 0.902. The van der Waals surface area contributed by atoms with E-state index in [2.05, 4.69) is 10.3 Å². The first kappa shape index (κ1) is 26.7. The van der Waals surface area contributed by atoms with Crippen molar-refractivity contribution in [2.75, 3.05) is 11.5 Å². The van der Waals surface area contributed by atoms with Crippen molar-refractivity contribution in [1.29, 1.82) is 0 Å². The maximum Gasteiger partial charge on any atom is 0.333 e. The van der Waals surface area contributed by atoms with Crippen molar-refractivity contribution >= 4 is 34.6 Å². The van der Waals surface area contributed by atoms with Gasteiger partial charge >= 0.3 is 5.69 Å². The lowest BCUT2D eigenvalue weighted by Gasteiger charge is -2.33. The van der Waals surface area contributed by atoms with E-state index in [1.807, 2.05) is 30.0 Å². The minimum atomic E-state index is -0.621. The predicted molar refractivity (Wildman–Crippen MR) is 151 cm³/mol. The molecule has 9 nitrogen and oxygen atoms in total. The molecule has 1 aromatic carbocycles. The molecule has 2 amide bonds. The van der Waals surface area contributed by atoms with Crippen LogP contribution in [-0.4, -0.2) is 54.4 Å². The molecule has 2 fully saturated rings. The smallest absolute Gasteiger partial charge is 0.333 e. The van der Waals surface area contributed by atoms with E-state index in [9.17, 15) is 23.6 Å². The Labute approximate surface area is 234 Å². The van der Waals surface area contributed by atoms with Crippen LogP contribution in [0.5, 0.6) is 0 Å². The molecular weight excluding hydrogens is 533 g/mol. The van der Waals surface area contributed by atoms with Gasteiger partial charge in [-0.2, -0.15) is 11.8 Å². The number of rotatable bonds is 5. The average molecular weight is 566 g/mol. The van der Waals surface area contributed by atoms with Gasteiger partial charge in [-0.15, -0.1) is 0 Å². The van der Waals surface area contributed by atoms with Gasteiger partial charge in [-0.3, -0.25) is 23.5 Å². The largest absolute Gasteiger partial charge is 0.352 e. The van der Waals surface area contributed by atoms with Crippen LogP contribution in [0, 0.1) is 5.82 Å². The molecule has 2 aliphatic heterocycles. The van der Waals surface area contributed by atoms with Gasteiger partial charge in [0.1, 0.15) is 17.5 Å². The second kappa shape index (κ2) is 10.8. The Bertz CT molecular complexity index is 1590. The molecule has 40 heavy (non-hydrogen) atoms. The van der Waals surface area contributed by atoms with Crippen molar-refractivity contribution < 1.29 is 14.0 Å². The van der Waals surface area contributed by atoms with Crippen molar-refractivity contribution in [1.82, 2.24) is 24.3 Å². The predicted octanol–water partition coefficient (Wildman–Crippen LogP) is 3.41. The highest BCUT2D eigenvalue weighted by atomic mass is 32.2. The van der Waals surface area contributed by atoms with E-state index >= 15 is 0 Å². The Morgan fingerprint density at radius 2 is 1.73 bits per heavy atom. The van der Waals surface area contributed by atoms with Crippen LogP contribution in [0.1, 0.15) is 73.5 Å². The molecule has 1 saturated heterocycles. The second-order valence-corrected chi connectivity index (χ2v) is 12.2. The number of carbonyl (C=O) groups excluding carboxylic acids is 2. The third-order valence-electron chi connectivity index (χ3n) is 8.58. The van der Waals surface area contributed by atoms with Crippen molar-refractivity contribution in [3.8, 4) is 0 Å². The summed E-state index contributed by atoms with van der Waals surface area (Å²) >= 11 is 1.83. The van der Waals surface area contributed by atoms with E-state index in [4.69, 9.17) is 0 Å². The average Bonchev–Trinajstić information content (AvgIpc) is 3.31. The lowest BCUT2D eigenvalue weighted by Crippen LogP contribution is -2.50. The maximum atomic E-state index is 14.2. The zero-order chi connectivity index (χ0) is 28.0. The van der Waals surface area contributed by atoms with Crippen LogP contribution in [0.4, 0.5) is 4.39 Å². The summed E-state index contributed by atoms with van der Waals surface area (Å²) in [7, 11) is 0. The maximum absolute atomic E-state index is 14.2. The van der Waals surface area contributed by atoms with Gasteiger partial charge in [-0.1, -0.05) is 18.2 Å². The second-order valence-electron chi connectivity index (χ2n) is 11.0. The summed E-state index contributed by atoms with van der Waals surface area (Å²) in [5, 5.41) is 3.20. The minimum absolute atomic E-state index is 0.0855. The fourth-order valence-corrected chi connectivity index (χ4v) is 7.41. The molecule has 0 radical (unpaired) electrons. The molecule has 11 heteroatoms. The normalized spacial score (nSPS) is 22.4. The van der Waals surface area contributed by atoms with Gasteiger partial charge in [0, 0.05) is 30.2 Å². The molecule has 2 aromatic heterocycles. The van der Waals surface area contributed by atoms with Gasteiger partial charge in [0.25, 0.3) is 11.5 Å². The number of nitrogens with one attached hydrogen (secondary N) is 1. The first-order chi connectivity index (χ1) is 19.3. The van der Waals surface area contributed by atoms with Gasteiger partial charge in [0.05, 0.1) is 11.6 Å². The fraction of sp³-hybridized carbons (Fsp3) is 0.483. The molecule has 210 valence electrons. The molecule has 6 rings (SSSR count). The topological polar surface area (TPSA) is 106 Å². The number of thioether (sulfide) groups is 1. The number of halogens is 1. The number of carbonyl (C=O) groups is 2. The summed E-state index contributed by atoms with van der Waals surface area (Å²) in [5.74, 6) is 0.859. The van der Waals surface area contributed by atoms with E-state index < -0.39 is 17.4 Å². The highest BCUT2D eigenvalue weighted by molar-refractivity contribution is 7.99. The quantitative estimate of drug-likeness (QED) is 0.508. The Morgan fingerprint density at radius 3 is 2.45 bits per heavy atom. The van der Waals surface area contributed by atoms with Gasteiger partial charge in [0.15, 0.2) is 0 Å². The molecule has 1 atom stereocenters. The summed E-state index contributed by atoms with van der Waals surface area (Å²) in [6.45, 7) is 2.14. The van der Waals surface area contributed by atoms with Crippen molar-refractivity contribution in [2.45, 2.75) is 76.2 Å². The minimum Gasteiger partial charge on any atom is -0.352 e. The molecule has 4 heterocycles. The highest BCUT2D eigenvalue weighted by Crippen LogP contribution is 2.31. The van der Waals surface area contributed by atoms with Crippen LogP contribution < -0.4 is 16.6 Å². The van der Waals surface area contributed by atoms with Crippen LogP contribution in [-0.2, 0) is 11.3 Å². The van der Waals surface area contributed by atoms with Crippen LogP contribution in [0.15, 0.2) is 46.1 Å². The summed E-state index contributed by atoms with van der Waals surface area (Å²) in [6, 6.07) is 7.39. The molecule has 3 aromatic rings. The molecule has 1 unspecified atom stereocenters. The molecule has 1 N–H and O–H groups in total. The molecule has 3 aliphatic rings. The third-order valence-corrected chi connectivity index (χ3v) is 9.63. The molecule has 1 saturated carbocycles. The summed E-state index contributed by atoms with van der Waals surface area (Å²) in [6.07, 6.45) is 4.86. The van der Waals surface area contributed by atoms with Crippen molar-refractivity contribution in [3.63, 3.8) is 0 Å². The summed E-state index contributed by atoms with van der Waals surface area (Å²) in [4.78, 5) is 58.9. The van der Waals surface area contributed by atoms with E-state index in [0.29, 0.717) is 37.8 Å². The summed E-state index contributed by atoms with van der Waals surface area (Å²) < 4.78 is 17.1. The fourth-order valence-electron chi connectivity index (χ4n) is 6.33. The van der Waals surface area contributed by atoms with Gasteiger partial charge in [0.2, 0.25) is 5.91 Å². The SMILES string of the molecule is CC(C(=O)N[C@H]1CC[C@@H](n2c(=O)c3cc(F)cnc3n(C3CCSCC3)c2=O)CC1)N1Cc2ccccc2C1=O. The van der Waals surface area contributed by atoms with E-state index in [1.54, 1.807) is 22.5 Å². The number of fused-ring (bicyclic) bond motifs is 2. The Balaban J connectivity index is 1.18. The van der Waals surface area contributed by atoms with Crippen LogP contribution in [0.3, 0.4) is 0 Å². The van der Waals surface area contributed by atoms with Crippen LogP contribution in [0.2, 0.25) is 0 Å². The Hall–Kier alpha value is -3.47. The van der Waals surface area contributed by atoms with E-state index in [1.165, 1.54) is 10.6 Å². The Morgan fingerprint density at radius 1 is 1.02 bits per heavy atom. The zero-order valence-electron chi connectivity index (χ0n) is 22.3. The Kier molecular flexibility index (Phi) is 7.24. The van der Waals surface area contributed by atoms with Crippen molar-refractivity contribution in [3.05, 3.63) is 74.3 Å². The number of nitrogens with zero attached hydrogens (tertiary/aromatic N) is 4. The van der Waals surface area contributed by atoms with Crippen molar-refractivity contribution in [2.24, 2.45) is 0 Å². The molecular formula is C29H32FN5O4S. The lowest BCUT2D eigenvalue weighted by molar-refractivity contribution is -0.126. The van der Waals surface area contributed by atoms with Gasteiger partial charge < -0.3 is 10.2 Å². The number of aromatic nitrogens is 3. The molecule has 0 bridgehead atoms. The number of hydrogen-bond acceptors (Lipinski definition) is 6. The highest BCUT2D eigenvalue weighted by Gasteiger charge is 2.35. The van der Waals surface area contributed by atoms with Crippen LogP contribution in [0.25, 0.3) is 11.0 Å². The zero-order valence-corrected chi connectivity index (χ0v) is 23.2. The number of hydrogen-bond donors (Lipinski definition) is 1. The standard InChI is InChI=1S/C29H32FN5O4S/c1-17(33-16-18-4-2-3-5-23(18)27(33)37)26(36)32-20-6-8-21(9-7-20)35-28(38)24-14-19(30)15-31-25(24)34(29(35)39)22-10-12-40-13-11-22/h2-5,14-15,17,20-22H,6-13,16H2,1H3,(H,32,36)/t17?,20-,21+. The first-order valence-corrected chi connectivity index (χ1v) is 15.1. The van der Waals surface area contributed by atoms with Gasteiger partial charge in [-0.05, 0) is 74.7 Å². The number of amides is 2. The first-order valence-electron chi connectivity index (χ1n) is 13.9. The van der Waals surface area contributed by atoms with E-state index in [-0.39, 0.29) is 46.7 Å². The monoisotopic (exact) mass is 565 g/mol. The number of pyridine rings is 1. The van der Waals surface area contributed by atoms with E-state index in [0.717, 1.165) is 36.1 Å². The molecule has 1 aliphatic carbocycles. The van der Waals surface area contributed by atoms with Gasteiger partial charge in [-0.25, -0.2) is 14.2 Å². The number of benzene rings is 1. The molecule has 0 spiro atoms.